The van der Waals surface area contributed by atoms with Crippen molar-refractivity contribution in [3.05, 3.63) is 16.1 Å². The first-order valence-corrected chi connectivity index (χ1v) is 9.61. The number of hydrogen-bond acceptors (Lipinski definition) is 5. The third-order valence-electron chi connectivity index (χ3n) is 3.69. The number of methoxy groups -OCH3 is 1. The summed E-state index contributed by atoms with van der Waals surface area (Å²) in [5, 5.41) is 5.87. The number of hydrogen-bond donors (Lipinski definition) is 1. The number of esters is 1. The maximum Gasteiger partial charge on any atom is 0.328 e. The van der Waals surface area contributed by atoms with Crippen LogP contribution in [0.15, 0.2) is 5.38 Å². The maximum absolute atomic E-state index is 12.7. The van der Waals surface area contributed by atoms with Gasteiger partial charge in [0.05, 0.1) is 24.4 Å². The molecule has 2 amide bonds. The Morgan fingerprint density at radius 3 is 2.32 bits per heavy atom. The molecule has 0 aliphatic heterocycles. The lowest BCUT2D eigenvalue weighted by molar-refractivity contribution is -0.144. The van der Waals surface area contributed by atoms with Gasteiger partial charge in [0, 0.05) is 17.8 Å². The van der Waals surface area contributed by atoms with Crippen molar-refractivity contribution in [2.24, 2.45) is 11.8 Å². The number of aromatic nitrogens is 1. The van der Waals surface area contributed by atoms with Crippen LogP contribution in [0.1, 0.15) is 58.2 Å². The van der Waals surface area contributed by atoms with Gasteiger partial charge in [-0.3, -0.25) is 0 Å². The van der Waals surface area contributed by atoms with Gasteiger partial charge in [-0.25, -0.2) is 14.6 Å². The van der Waals surface area contributed by atoms with E-state index >= 15 is 0 Å². The Morgan fingerprint density at radius 1 is 1.24 bits per heavy atom. The summed E-state index contributed by atoms with van der Waals surface area (Å²) >= 11 is 1.61. The van der Waals surface area contributed by atoms with Crippen LogP contribution in [0.25, 0.3) is 0 Å². The lowest BCUT2D eigenvalue weighted by Gasteiger charge is -2.27. The fourth-order valence-electron chi connectivity index (χ4n) is 2.37. The molecule has 0 spiro atoms. The molecule has 7 heteroatoms. The van der Waals surface area contributed by atoms with Crippen LogP contribution >= 0.6 is 11.3 Å². The first kappa shape index (κ1) is 21.4. The number of urea groups is 1. The zero-order valence-corrected chi connectivity index (χ0v) is 17.1. The fraction of sp³-hybridized carbons (Fsp3) is 0.722. The minimum Gasteiger partial charge on any atom is -0.467 e. The largest absolute Gasteiger partial charge is 0.467 e. The van der Waals surface area contributed by atoms with Crippen LogP contribution < -0.4 is 5.32 Å². The molecule has 25 heavy (non-hydrogen) atoms. The Labute approximate surface area is 155 Å². The van der Waals surface area contributed by atoms with E-state index in [-0.39, 0.29) is 11.9 Å². The van der Waals surface area contributed by atoms with E-state index in [1.54, 1.807) is 16.2 Å². The van der Waals surface area contributed by atoms with E-state index in [4.69, 9.17) is 4.74 Å². The van der Waals surface area contributed by atoms with E-state index in [1.807, 2.05) is 19.2 Å². The predicted octanol–water partition coefficient (Wildman–Crippen LogP) is 3.63. The van der Waals surface area contributed by atoms with Gasteiger partial charge in [0.1, 0.15) is 6.04 Å². The Bertz CT molecular complexity index is 570. The molecule has 6 nitrogen and oxygen atoms in total. The number of nitrogens with zero attached hydrogens (tertiary/aromatic N) is 2. The third-order valence-corrected chi connectivity index (χ3v) is 4.88. The summed E-state index contributed by atoms with van der Waals surface area (Å²) in [5.41, 5.74) is 0.878. The van der Waals surface area contributed by atoms with Crippen molar-refractivity contribution >= 4 is 23.3 Å². The van der Waals surface area contributed by atoms with Gasteiger partial charge < -0.3 is 15.0 Å². The molecule has 1 N–H and O–H groups in total. The third kappa shape index (κ3) is 6.65. The van der Waals surface area contributed by atoms with Crippen molar-refractivity contribution in [2.45, 2.75) is 60.0 Å². The van der Waals surface area contributed by atoms with Crippen LogP contribution in [0.3, 0.4) is 0 Å². The van der Waals surface area contributed by atoms with Crippen molar-refractivity contribution < 1.29 is 14.3 Å². The molecule has 0 aromatic carbocycles. The van der Waals surface area contributed by atoms with Crippen LogP contribution in [-0.2, 0) is 16.1 Å². The van der Waals surface area contributed by atoms with E-state index in [0.29, 0.717) is 24.9 Å². The summed E-state index contributed by atoms with van der Waals surface area (Å²) in [6.07, 6.45) is 0. The van der Waals surface area contributed by atoms with E-state index < -0.39 is 12.0 Å². The van der Waals surface area contributed by atoms with Crippen LogP contribution in [0, 0.1) is 11.8 Å². The topological polar surface area (TPSA) is 71.5 Å². The number of carbonyl (C=O) groups is 2. The van der Waals surface area contributed by atoms with Crippen molar-refractivity contribution in [3.63, 3.8) is 0 Å². The van der Waals surface area contributed by atoms with Gasteiger partial charge in [-0.15, -0.1) is 11.3 Å². The maximum atomic E-state index is 12.7. The number of ether oxygens (including phenoxy) is 1. The molecule has 1 rings (SSSR count). The molecule has 1 atom stereocenters. The van der Waals surface area contributed by atoms with Crippen molar-refractivity contribution in [3.8, 4) is 0 Å². The number of rotatable bonds is 8. The molecule has 0 bridgehead atoms. The minimum atomic E-state index is -0.658. The highest BCUT2D eigenvalue weighted by Crippen LogP contribution is 2.20. The second kappa shape index (κ2) is 9.75. The average molecular weight is 370 g/mol. The molecular formula is C18H31N3O3S. The van der Waals surface area contributed by atoms with Crippen molar-refractivity contribution in [2.75, 3.05) is 13.7 Å². The summed E-state index contributed by atoms with van der Waals surface area (Å²) in [5.74, 6) is 0.202. The lowest BCUT2D eigenvalue weighted by atomic mass is 10.1. The normalized spacial score (nSPS) is 12.6. The highest BCUT2D eigenvalue weighted by Gasteiger charge is 2.27. The number of nitrogens with one attached hydrogen (secondary N) is 1. The molecule has 142 valence electrons. The molecule has 0 aliphatic rings. The lowest BCUT2D eigenvalue weighted by Crippen LogP contribution is -2.51. The van der Waals surface area contributed by atoms with Crippen molar-refractivity contribution in [1.29, 1.82) is 0 Å². The fourth-order valence-corrected chi connectivity index (χ4v) is 3.19. The summed E-state index contributed by atoms with van der Waals surface area (Å²) in [7, 11) is 1.33. The predicted molar refractivity (Wildman–Crippen MR) is 101 cm³/mol. The van der Waals surface area contributed by atoms with Crippen LogP contribution in [-0.4, -0.2) is 41.6 Å². The summed E-state index contributed by atoms with van der Waals surface area (Å²) in [4.78, 5) is 31.0. The van der Waals surface area contributed by atoms with Gasteiger partial charge in [-0.2, -0.15) is 0 Å². The van der Waals surface area contributed by atoms with E-state index in [0.717, 1.165) is 10.7 Å². The zero-order chi connectivity index (χ0) is 19.1. The molecule has 0 saturated heterocycles. The average Bonchev–Trinajstić information content (AvgIpc) is 2.99. The van der Waals surface area contributed by atoms with Gasteiger partial charge in [-0.05, 0) is 11.8 Å². The Balaban J connectivity index is 2.88. The summed E-state index contributed by atoms with van der Waals surface area (Å²) < 4.78 is 4.80. The van der Waals surface area contributed by atoms with Gasteiger partial charge in [0.15, 0.2) is 0 Å². The summed E-state index contributed by atoms with van der Waals surface area (Å²) in [6, 6.07) is -0.925. The first-order valence-electron chi connectivity index (χ1n) is 8.73. The smallest absolute Gasteiger partial charge is 0.328 e. The standard InChI is InChI=1S/C18H31N3O3S/c1-11(2)8-21(9-14-10-25-16(19-14)13(5)6)18(23)20-15(12(3)4)17(22)24-7/h10-13,15H,8-9H2,1-7H3,(H,20,23)/t15-/m0/s1. The highest BCUT2D eigenvalue weighted by atomic mass is 32.1. The number of carbonyl (C=O) groups excluding carboxylic acids is 2. The molecule has 1 aromatic heterocycles. The van der Waals surface area contributed by atoms with E-state index in [2.05, 4.69) is 38.0 Å². The van der Waals surface area contributed by atoms with Crippen LogP contribution in [0.2, 0.25) is 0 Å². The number of amides is 2. The molecule has 0 aliphatic carbocycles. The van der Waals surface area contributed by atoms with Gasteiger partial charge >= 0.3 is 12.0 Å². The monoisotopic (exact) mass is 369 g/mol. The van der Waals surface area contributed by atoms with Crippen LogP contribution in [0.4, 0.5) is 4.79 Å². The summed E-state index contributed by atoms with van der Waals surface area (Å²) in [6.45, 7) is 13.1. The second-order valence-corrected chi connectivity index (χ2v) is 8.19. The minimum absolute atomic E-state index is 0.0517. The van der Waals surface area contributed by atoms with Gasteiger partial charge in [-0.1, -0.05) is 41.5 Å². The quantitative estimate of drug-likeness (QED) is 0.710. The van der Waals surface area contributed by atoms with Crippen LogP contribution in [0.5, 0.6) is 0 Å². The van der Waals surface area contributed by atoms with Crippen molar-refractivity contribution in [1.82, 2.24) is 15.2 Å². The molecule has 1 heterocycles. The van der Waals surface area contributed by atoms with E-state index in [1.165, 1.54) is 7.11 Å². The zero-order valence-electron chi connectivity index (χ0n) is 16.3. The molecule has 0 fully saturated rings. The van der Waals surface area contributed by atoms with Gasteiger partial charge in [0.2, 0.25) is 0 Å². The highest BCUT2D eigenvalue weighted by molar-refractivity contribution is 7.09. The molecule has 0 radical (unpaired) electrons. The molecule has 0 unspecified atom stereocenters. The Kier molecular flexibility index (Phi) is 8.35. The number of thiazole rings is 1. The second-order valence-electron chi connectivity index (χ2n) is 7.30. The molecule has 1 aromatic rings. The van der Waals surface area contributed by atoms with Gasteiger partial charge in [0.25, 0.3) is 0 Å². The molecule has 0 saturated carbocycles. The Morgan fingerprint density at radius 2 is 1.88 bits per heavy atom. The van der Waals surface area contributed by atoms with E-state index in [9.17, 15) is 9.59 Å². The SMILES string of the molecule is COC(=O)[C@@H](NC(=O)N(Cc1csc(C(C)C)n1)CC(C)C)C(C)C. The first-order chi connectivity index (χ1) is 11.6. The molecular weight excluding hydrogens is 338 g/mol. The Hall–Kier alpha value is -1.63.